The lowest BCUT2D eigenvalue weighted by Gasteiger charge is -1.95. The molecule has 0 spiro atoms. The van der Waals surface area contributed by atoms with E-state index in [1.54, 1.807) is 30.5 Å². The zero-order valence-corrected chi connectivity index (χ0v) is 12.9. The van der Waals surface area contributed by atoms with Crippen molar-refractivity contribution in [2.45, 2.75) is 0 Å². The Hall–Kier alpha value is -3.65. The number of nitrogens with zero attached hydrogens (tertiary/aromatic N) is 2. The van der Waals surface area contributed by atoms with Crippen LogP contribution in [0.4, 0.5) is 4.39 Å². The molecule has 0 aliphatic rings. The van der Waals surface area contributed by atoms with Crippen LogP contribution in [0.1, 0.15) is 11.1 Å². The van der Waals surface area contributed by atoms with Crippen molar-refractivity contribution in [2.24, 2.45) is 0 Å². The molecule has 5 heteroatoms. The van der Waals surface area contributed by atoms with Crippen LogP contribution in [0.2, 0.25) is 0 Å². The third kappa shape index (κ3) is 3.33. The zero-order chi connectivity index (χ0) is 17.1. The molecular weight excluding hydrogens is 319 g/mol. The van der Waals surface area contributed by atoms with Crippen molar-refractivity contribution in [3.8, 4) is 34.9 Å². The van der Waals surface area contributed by atoms with E-state index in [4.69, 9.17) is 8.94 Å². The van der Waals surface area contributed by atoms with Gasteiger partial charge in [0.1, 0.15) is 5.82 Å². The number of hydrogen-bond donors (Lipinski definition) is 0. The van der Waals surface area contributed by atoms with Crippen LogP contribution in [0, 0.1) is 17.7 Å². The third-order valence-electron chi connectivity index (χ3n) is 3.48. The van der Waals surface area contributed by atoms with E-state index in [0.717, 1.165) is 11.1 Å². The van der Waals surface area contributed by atoms with E-state index in [0.29, 0.717) is 23.0 Å². The van der Waals surface area contributed by atoms with Crippen molar-refractivity contribution in [2.75, 3.05) is 0 Å². The number of furan rings is 1. The van der Waals surface area contributed by atoms with Crippen LogP contribution in [0.15, 0.2) is 75.9 Å². The number of benzene rings is 2. The van der Waals surface area contributed by atoms with Crippen LogP contribution in [0.25, 0.3) is 23.0 Å². The second kappa shape index (κ2) is 6.46. The van der Waals surface area contributed by atoms with E-state index in [1.165, 1.54) is 12.1 Å². The van der Waals surface area contributed by atoms with E-state index in [1.807, 2.05) is 24.3 Å². The highest BCUT2D eigenvalue weighted by Gasteiger charge is 2.12. The van der Waals surface area contributed by atoms with Crippen LogP contribution in [0.3, 0.4) is 0 Å². The molecule has 25 heavy (non-hydrogen) atoms. The molecule has 0 aliphatic heterocycles. The minimum Gasteiger partial charge on any atom is -0.459 e. The molecule has 0 radical (unpaired) electrons. The van der Waals surface area contributed by atoms with Gasteiger partial charge >= 0.3 is 0 Å². The Bertz CT molecular complexity index is 1060. The quantitative estimate of drug-likeness (QED) is 0.507. The smallest absolute Gasteiger partial charge is 0.293 e. The first-order valence-corrected chi connectivity index (χ1v) is 7.53. The average Bonchev–Trinajstić information content (AvgIpc) is 3.32. The summed E-state index contributed by atoms with van der Waals surface area (Å²) in [7, 11) is 0. The van der Waals surface area contributed by atoms with Crippen LogP contribution < -0.4 is 0 Å². The predicted octanol–water partition coefficient (Wildman–Crippen LogP) is 4.54. The summed E-state index contributed by atoms with van der Waals surface area (Å²) in [5.74, 6) is 6.95. The SMILES string of the molecule is Fc1cccc(C#Cc2ccc(-c3noc(-c4ccco4)n3)cc2)c1. The zero-order valence-electron chi connectivity index (χ0n) is 12.9. The van der Waals surface area contributed by atoms with Crippen molar-refractivity contribution in [3.05, 3.63) is 83.9 Å². The molecule has 2 heterocycles. The molecule has 0 unspecified atom stereocenters. The molecule has 0 saturated carbocycles. The fourth-order valence-corrected chi connectivity index (χ4v) is 2.25. The maximum absolute atomic E-state index is 13.1. The molecular formula is C20H11FN2O2. The van der Waals surface area contributed by atoms with Gasteiger partial charge in [0, 0.05) is 16.7 Å². The predicted molar refractivity (Wildman–Crippen MR) is 89.8 cm³/mol. The molecule has 4 nitrogen and oxygen atoms in total. The fourth-order valence-electron chi connectivity index (χ4n) is 2.25. The van der Waals surface area contributed by atoms with Gasteiger partial charge in [-0.3, -0.25) is 0 Å². The molecule has 0 fully saturated rings. The summed E-state index contributed by atoms with van der Waals surface area (Å²) in [6.07, 6.45) is 1.55. The fraction of sp³-hybridized carbons (Fsp3) is 0. The van der Waals surface area contributed by atoms with Gasteiger partial charge in [-0.15, -0.1) is 0 Å². The maximum Gasteiger partial charge on any atom is 0.293 e. The Morgan fingerprint density at radius 1 is 0.880 bits per heavy atom. The van der Waals surface area contributed by atoms with Gasteiger partial charge in [0.15, 0.2) is 5.76 Å². The Morgan fingerprint density at radius 3 is 2.48 bits per heavy atom. The Balaban J connectivity index is 1.55. The van der Waals surface area contributed by atoms with Gasteiger partial charge in [0.2, 0.25) is 5.82 Å². The Morgan fingerprint density at radius 2 is 1.72 bits per heavy atom. The van der Waals surface area contributed by atoms with Crippen molar-refractivity contribution in [1.29, 1.82) is 0 Å². The summed E-state index contributed by atoms with van der Waals surface area (Å²) in [5, 5.41) is 3.95. The molecule has 0 bridgehead atoms. The summed E-state index contributed by atoms with van der Waals surface area (Å²) < 4.78 is 23.6. The van der Waals surface area contributed by atoms with Gasteiger partial charge in [-0.2, -0.15) is 4.98 Å². The highest BCUT2D eigenvalue weighted by atomic mass is 19.1. The van der Waals surface area contributed by atoms with Crippen molar-refractivity contribution in [3.63, 3.8) is 0 Å². The highest BCUT2D eigenvalue weighted by molar-refractivity contribution is 5.59. The molecule has 2 aromatic carbocycles. The number of halogens is 1. The molecule has 120 valence electrons. The summed E-state index contributed by atoms with van der Waals surface area (Å²) in [5.41, 5.74) is 2.24. The van der Waals surface area contributed by atoms with Gasteiger partial charge in [-0.1, -0.05) is 23.1 Å². The van der Waals surface area contributed by atoms with Crippen LogP contribution in [-0.4, -0.2) is 10.1 Å². The van der Waals surface area contributed by atoms with E-state index >= 15 is 0 Å². The highest BCUT2D eigenvalue weighted by Crippen LogP contribution is 2.22. The van der Waals surface area contributed by atoms with Crippen molar-refractivity contribution < 1.29 is 13.3 Å². The maximum atomic E-state index is 13.1. The first-order valence-electron chi connectivity index (χ1n) is 7.53. The Labute approximate surface area is 142 Å². The lowest BCUT2D eigenvalue weighted by molar-refractivity contribution is 0.417. The molecule has 0 N–H and O–H groups in total. The van der Waals surface area contributed by atoms with Crippen molar-refractivity contribution >= 4 is 0 Å². The van der Waals surface area contributed by atoms with Gasteiger partial charge in [-0.25, -0.2) is 4.39 Å². The van der Waals surface area contributed by atoms with Gasteiger partial charge in [-0.05, 0) is 54.6 Å². The summed E-state index contributed by atoms with van der Waals surface area (Å²) in [6.45, 7) is 0. The Kier molecular flexibility index (Phi) is 3.85. The molecule has 0 saturated heterocycles. The minimum absolute atomic E-state index is 0.299. The lowest BCUT2D eigenvalue weighted by atomic mass is 10.1. The largest absolute Gasteiger partial charge is 0.459 e. The summed E-state index contributed by atoms with van der Waals surface area (Å²) >= 11 is 0. The van der Waals surface area contributed by atoms with Gasteiger partial charge < -0.3 is 8.94 Å². The number of rotatable bonds is 2. The first kappa shape index (κ1) is 14.9. The standard InChI is InChI=1S/C20H11FN2O2/c21-17-4-1-3-15(13-17)7-6-14-8-10-16(11-9-14)19-22-20(25-23-19)18-5-2-12-24-18/h1-5,8-13H. The molecule has 2 aromatic heterocycles. The van der Waals surface area contributed by atoms with Crippen LogP contribution in [0.5, 0.6) is 0 Å². The molecule has 4 aromatic rings. The summed E-state index contributed by atoms with van der Waals surface area (Å²) in [4.78, 5) is 4.31. The van der Waals surface area contributed by atoms with Crippen LogP contribution >= 0.6 is 0 Å². The van der Waals surface area contributed by atoms with E-state index in [9.17, 15) is 4.39 Å². The molecule has 4 rings (SSSR count). The minimum atomic E-state index is -0.299. The normalized spacial score (nSPS) is 10.3. The molecule has 0 aliphatic carbocycles. The van der Waals surface area contributed by atoms with E-state index in [-0.39, 0.29) is 5.82 Å². The first-order chi connectivity index (χ1) is 12.3. The van der Waals surface area contributed by atoms with Gasteiger partial charge in [0.25, 0.3) is 5.89 Å². The average molecular weight is 330 g/mol. The molecule has 0 amide bonds. The van der Waals surface area contributed by atoms with Crippen LogP contribution in [-0.2, 0) is 0 Å². The topological polar surface area (TPSA) is 52.1 Å². The monoisotopic (exact) mass is 330 g/mol. The second-order valence-corrected chi connectivity index (χ2v) is 5.24. The number of hydrogen-bond acceptors (Lipinski definition) is 4. The summed E-state index contributed by atoms with van der Waals surface area (Å²) in [6, 6.07) is 17.1. The second-order valence-electron chi connectivity index (χ2n) is 5.24. The third-order valence-corrected chi connectivity index (χ3v) is 3.48. The lowest BCUT2D eigenvalue weighted by Crippen LogP contribution is -1.82. The van der Waals surface area contributed by atoms with Gasteiger partial charge in [0.05, 0.1) is 6.26 Å². The van der Waals surface area contributed by atoms with E-state index < -0.39 is 0 Å². The number of aromatic nitrogens is 2. The van der Waals surface area contributed by atoms with Crippen molar-refractivity contribution in [1.82, 2.24) is 10.1 Å². The molecule has 0 atom stereocenters. The van der Waals surface area contributed by atoms with E-state index in [2.05, 4.69) is 22.0 Å².